The fourth-order valence-electron chi connectivity index (χ4n) is 2.18. The maximum atomic E-state index is 11.8. The van der Waals surface area contributed by atoms with Crippen LogP contribution in [0.3, 0.4) is 0 Å². The number of hydrogen-bond acceptors (Lipinski definition) is 6. The SMILES string of the molecule is C=C(C)C(=O)OCCOC(=O)CCC(=O)OC1CCC=CCCC1. The van der Waals surface area contributed by atoms with Crippen LogP contribution in [0.25, 0.3) is 0 Å². The Bertz CT molecular complexity index is 480. The number of ether oxygens (including phenoxy) is 3. The molecule has 1 unspecified atom stereocenters. The monoisotopic (exact) mass is 338 g/mol. The Morgan fingerprint density at radius 2 is 1.67 bits per heavy atom. The van der Waals surface area contributed by atoms with Crippen molar-refractivity contribution in [2.24, 2.45) is 0 Å². The van der Waals surface area contributed by atoms with Crippen LogP contribution in [0.15, 0.2) is 24.3 Å². The van der Waals surface area contributed by atoms with E-state index < -0.39 is 11.9 Å². The lowest BCUT2D eigenvalue weighted by Gasteiger charge is -2.18. The summed E-state index contributed by atoms with van der Waals surface area (Å²) in [6.45, 7) is 4.90. The third kappa shape index (κ3) is 9.12. The molecule has 6 nitrogen and oxygen atoms in total. The van der Waals surface area contributed by atoms with Crippen LogP contribution in [-0.2, 0) is 28.6 Å². The van der Waals surface area contributed by atoms with Gasteiger partial charge in [0.15, 0.2) is 0 Å². The van der Waals surface area contributed by atoms with Crippen molar-refractivity contribution in [3.8, 4) is 0 Å². The Hall–Kier alpha value is -2.11. The first-order valence-corrected chi connectivity index (χ1v) is 8.31. The lowest BCUT2D eigenvalue weighted by molar-refractivity contribution is -0.155. The molecule has 1 aliphatic rings. The van der Waals surface area contributed by atoms with E-state index in [1.807, 2.05) is 0 Å². The molecule has 0 aliphatic heterocycles. The predicted octanol–water partition coefficient (Wildman–Crippen LogP) is 2.86. The van der Waals surface area contributed by atoms with Crippen LogP contribution >= 0.6 is 0 Å². The number of carbonyl (C=O) groups excluding carboxylic acids is 3. The number of esters is 3. The Labute approximate surface area is 142 Å². The van der Waals surface area contributed by atoms with Crippen molar-refractivity contribution in [3.63, 3.8) is 0 Å². The molecule has 0 fully saturated rings. The summed E-state index contributed by atoms with van der Waals surface area (Å²) in [5.41, 5.74) is 0.286. The van der Waals surface area contributed by atoms with Gasteiger partial charge in [-0.3, -0.25) is 9.59 Å². The second-order valence-electron chi connectivity index (χ2n) is 5.73. The van der Waals surface area contributed by atoms with Crippen molar-refractivity contribution in [2.45, 2.75) is 58.0 Å². The summed E-state index contributed by atoms with van der Waals surface area (Å²) in [4.78, 5) is 34.4. The number of rotatable bonds is 8. The van der Waals surface area contributed by atoms with Crippen LogP contribution in [-0.4, -0.2) is 37.2 Å². The average Bonchev–Trinajstić information content (AvgIpc) is 2.51. The highest BCUT2D eigenvalue weighted by Crippen LogP contribution is 2.16. The minimum absolute atomic E-state index is 0.00325. The van der Waals surface area contributed by atoms with E-state index >= 15 is 0 Å². The van der Waals surface area contributed by atoms with Gasteiger partial charge >= 0.3 is 17.9 Å². The Kier molecular flexibility index (Phi) is 9.49. The third-order valence-electron chi connectivity index (χ3n) is 3.48. The summed E-state index contributed by atoms with van der Waals surface area (Å²) in [7, 11) is 0. The van der Waals surface area contributed by atoms with Crippen molar-refractivity contribution in [2.75, 3.05) is 13.2 Å². The molecule has 0 radical (unpaired) electrons. The number of carbonyl (C=O) groups is 3. The van der Waals surface area contributed by atoms with Crippen LogP contribution in [0.5, 0.6) is 0 Å². The zero-order valence-electron chi connectivity index (χ0n) is 14.3. The molecule has 134 valence electrons. The molecule has 0 heterocycles. The molecular formula is C18H26O6. The molecule has 0 bridgehead atoms. The Morgan fingerprint density at radius 3 is 2.42 bits per heavy atom. The van der Waals surface area contributed by atoms with Gasteiger partial charge in [-0.1, -0.05) is 18.7 Å². The van der Waals surface area contributed by atoms with E-state index in [2.05, 4.69) is 18.7 Å². The van der Waals surface area contributed by atoms with Gasteiger partial charge in [0.25, 0.3) is 0 Å². The highest BCUT2D eigenvalue weighted by Gasteiger charge is 2.16. The molecule has 0 aromatic heterocycles. The zero-order chi connectivity index (χ0) is 17.8. The third-order valence-corrected chi connectivity index (χ3v) is 3.48. The van der Waals surface area contributed by atoms with Crippen LogP contribution < -0.4 is 0 Å². The molecular weight excluding hydrogens is 312 g/mol. The van der Waals surface area contributed by atoms with E-state index in [1.54, 1.807) is 0 Å². The Balaban J connectivity index is 2.12. The number of hydrogen-bond donors (Lipinski definition) is 0. The molecule has 24 heavy (non-hydrogen) atoms. The highest BCUT2D eigenvalue weighted by atomic mass is 16.6. The minimum Gasteiger partial charge on any atom is -0.462 e. The fraction of sp³-hybridized carbons (Fsp3) is 0.611. The largest absolute Gasteiger partial charge is 0.462 e. The van der Waals surface area contributed by atoms with Crippen LogP contribution in [0.2, 0.25) is 0 Å². The van der Waals surface area contributed by atoms with E-state index in [4.69, 9.17) is 14.2 Å². The van der Waals surface area contributed by atoms with Gasteiger partial charge in [0.05, 0.1) is 12.8 Å². The minimum atomic E-state index is -0.524. The van der Waals surface area contributed by atoms with Gasteiger partial charge in [0.2, 0.25) is 0 Å². The molecule has 0 saturated heterocycles. The van der Waals surface area contributed by atoms with Crippen molar-refractivity contribution in [1.29, 1.82) is 0 Å². The first kappa shape index (κ1) is 19.9. The van der Waals surface area contributed by atoms with E-state index in [9.17, 15) is 14.4 Å². The van der Waals surface area contributed by atoms with Gasteiger partial charge in [-0.15, -0.1) is 0 Å². The molecule has 1 aliphatic carbocycles. The predicted molar refractivity (Wildman–Crippen MR) is 88.1 cm³/mol. The lowest BCUT2D eigenvalue weighted by atomic mass is 10.0. The highest BCUT2D eigenvalue weighted by molar-refractivity contribution is 5.86. The normalized spacial score (nSPS) is 17.3. The van der Waals surface area contributed by atoms with E-state index in [0.717, 1.165) is 32.1 Å². The van der Waals surface area contributed by atoms with Gasteiger partial charge in [-0.05, 0) is 39.0 Å². The summed E-state index contributed by atoms with van der Waals surface area (Å²) in [6, 6.07) is 0. The summed E-state index contributed by atoms with van der Waals surface area (Å²) in [6.07, 6.45) is 8.74. The first-order valence-electron chi connectivity index (χ1n) is 8.31. The second-order valence-corrected chi connectivity index (χ2v) is 5.73. The van der Waals surface area contributed by atoms with Gasteiger partial charge in [0, 0.05) is 5.57 Å². The van der Waals surface area contributed by atoms with Gasteiger partial charge in [-0.2, -0.15) is 0 Å². The lowest BCUT2D eigenvalue weighted by Crippen LogP contribution is -2.20. The Morgan fingerprint density at radius 1 is 1.00 bits per heavy atom. The maximum absolute atomic E-state index is 11.8. The van der Waals surface area contributed by atoms with Crippen LogP contribution in [0.4, 0.5) is 0 Å². The summed E-state index contributed by atoms with van der Waals surface area (Å²) >= 11 is 0. The molecule has 0 aromatic rings. The van der Waals surface area contributed by atoms with Crippen molar-refractivity contribution in [3.05, 3.63) is 24.3 Å². The second kappa shape index (κ2) is 11.4. The zero-order valence-corrected chi connectivity index (χ0v) is 14.3. The van der Waals surface area contributed by atoms with Gasteiger partial charge in [0.1, 0.15) is 19.3 Å². The molecule has 1 atom stereocenters. The van der Waals surface area contributed by atoms with Gasteiger partial charge in [-0.25, -0.2) is 4.79 Å². The molecule has 0 aromatic carbocycles. The summed E-state index contributed by atoms with van der Waals surface area (Å²) in [5.74, 6) is -1.42. The summed E-state index contributed by atoms with van der Waals surface area (Å²) in [5, 5.41) is 0. The van der Waals surface area contributed by atoms with Crippen molar-refractivity contribution >= 4 is 17.9 Å². The smallest absolute Gasteiger partial charge is 0.333 e. The van der Waals surface area contributed by atoms with E-state index in [-0.39, 0.29) is 43.7 Å². The molecule has 0 amide bonds. The fourth-order valence-corrected chi connectivity index (χ4v) is 2.18. The molecule has 0 saturated carbocycles. The van der Waals surface area contributed by atoms with Crippen molar-refractivity contribution in [1.82, 2.24) is 0 Å². The van der Waals surface area contributed by atoms with E-state index in [1.165, 1.54) is 6.92 Å². The maximum Gasteiger partial charge on any atom is 0.333 e. The quantitative estimate of drug-likeness (QED) is 0.223. The van der Waals surface area contributed by atoms with E-state index in [0.29, 0.717) is 0 Å². The average molecular weight is 338 g/mol. The standard InChI is InChI=1S/C18H26O6/c1-14(2)18(21)23-13-12-22-16(19)10-11-17(20)24-15-8-6-4-3-5-7-9-15/h3-4,15H,1,5-13H2,2H3. The molecule has 1 rings (SSSR count). The molecule has 6 heteroatoms. The first-order chi connectivity index (χ1) is 11.5. The van der Waals surface area contributed by atoms with Crippen LogP contribution in [0.1, 0.15) is 51.9 Å². The summed E-state index contributed by atoms with van der Waals surface area (Å²) < 4.78 is 15.1. The molecule has 0 spiro atoms. The topological polar surface area (TPSA) is 78.9 Å². The number of allylic oxidation sites excluding steroid dienone is 2. The van der Waals surface area contributed by atoms with Crippen LogP contribution in [0, 0.1) is 0 Å². The van der Waals surface area contributed by atoms with Gasteiger partial charge < -0.3 is 14.2 Å². The molecule has 0 N–H and O–H groups in total. The van der Waals surface area contributed by atoms with Crippen molar-refractivity contribution < 1.29 is 28.6 Å².